The number of nitrogens with one attached hydrogen (secondary N) is 1. The number of nitrogens with two attached hydrogens (primary N) is 1. The zero-order chi connectivity index (χ0) is 26.9. The fourth-order valence-corrected chi connectivity index (χ4v) is 5.75. The van der Waals surface area contributed by atoms with E-state index in [4.69, 9.17) is 10.5 Å². The molecule has 3 N–H and O–H groups in total. The van der Waals surface area contributed by atoms with E-state index in [2.05, 4.69) is 9.88 Å². The predicted molar refractivity (Wildman–Crippen MR) is 143 cm³/mol. The number of aromatic nitrogens is 2. The van der Waals surface area contributed by atoms with Crippen LogP contribution < -0.4 is 21.7 Å². The first-order valence-electron chi connectivity index (χ1n) is 13.1. The van der Waals surface area contributed by atoms with E-state index in [1.807, 2.05) is 0 Å². The van der Waals surface area contributed by atoms with E-state index in [1.165, 1.54) is 0 Å². The van der Waals surface area contributed by atoms with Crippen molar-refractivity contribution in [3.8, 4) is 5.75 Å². The van der Waals surface area contributed by atoms with Gasteiger partial charge in [0.05, 0.1) is 24.6 Å². The number of hydrogen-bond donors (Lipinski definition) is 2. The first kappa shape index (κ1) is 25.7. The first-order chi connectivity index (χ1) is 18.3. The molecule has 10 nitrogen and oxygen atoms in total. The summed E-state index contributed by atoms with van der Waals surface area (Å²) in [5.41, 5.74) is 5.67. The maximum absolute atomic E-state index is 13.3. The molecule has 2 amide bonds. The highest BCUT2D eigenvalue weighted by Gasteiger charge is 2.45. The SMILES string of the molecule is COc1ccc(Cn2c(=O)[nH]c3cc(C(=O)N4CCC(C(N)=O)(N5CCCCC5)CC4)ccc3c2=O)cc1. The Balaban J connectivity index is 1.35. The summed E-state index contributed by atoms with van der Waals surface area (Å²) >= 11 is 0. The van der Waals surface area contributed by atoms with Crippen molar-refractivity contribution in [1.82, 2.24) is 19.4 Å². The number of hydrogen-bond acceptors (Lipinski definition) is 6. The lowest BCUT2D eigenvalue weighted by Gasteiger charge is -2.48. The Morgan fingerprint density at radius 3 is 2.29 bits per heavy atom. The third-order valence-electron chi connectivity index (χ3n) is 8.03. The second-order valence-corrected chi connectivity index (χ2v) is 10.2. The molecule has 1 aromatic heterocycles. The predicted octanol–water partition coefficient (Wildman–Crippen LogP) is 1.69. The van der Waals surface area contributed by atoms with Gasteiger partial charge in [0.1, 0.15) is 11.3 Å². The number of rotatable bonds is 6. The molecular formula is C28H33N5O5. The lowest BCUT2D eigenvalue weighted by Crippen LogP contribution is -2.63. The second-order valence-electron chi connectivity index (χ2n) is 10.2. The number of likely N-dealkylation sites (tertiary alicyclic amines) is 2. The van der Waals surface area contributed by atoms with E-state index in [9.17, 15) is 19.2 Å². The monoisotopic (exact) mass is 519 g/mol. The van der Waals surface area contributed by atoms with Gasteiger partial charge >= 0.3 is 5.69 Å². The van der Waals surface area contributed by atoms with Crippen LogP contribution in [-0.2, 0) is 11.3 Å². The molecule has 0 aliphatic carbocycles. The van der Waals surface area contributed by atoms with Gasteiger partial charge < -0.3 is 20.4 Å². The van der Waals surface area contributed by atoms with Gasteiger partial charge in [0.25, 0.3) is 11.5 Å². The van der Waals surface area contributed by atoms with Crippen molar-refractivity contribution in [2.75, 3.05) is 33.3 Å². The summed E-state index contributed by atoms with van der Waals surface area (Å²) in [5, 5.41) is 0.325. The Labute approximate surface area is 220 Å². The van der Waals surface area contributed by atoms with E-state index in [0.29, 0.717) is 48.1 Å². The summed E-state index contributed by atoms with van der Waals surface area (Å²) in [6, 6.07) is 11.9. The number of carbonyl (C=O) groups is 2. The molecule has 0 atom stereocenters. The van der Waals surface area contributed by atoms with Crippen LogP contribution in [0, 0.1) is 0 Å². The van der Waals surface area contributed by atoms with Crippen molar-refractivity contribution < 1.29 is 14.3 Å². The number of H-pyrrole nitrogens is 1. The van der Waals surface area contributed by atoms with Crippen molar-refractivity contribution in [3.63, 3.8) is 0 Å². The normalized spacial score (nSPS) is 17.9. The third kappa shape index (κ3) is 4.71. The van der Waals surface area contributed by atoms with Crippen molar-refractivity contribution in [1.29, 1.82) is 0 Å². The van der Waals surface area contributed by atoms with Crippen molar-refractivity contribution in [2.45, 2.75) is 44.2 Å². The minimum atomic E-state index is -0.708. The van der Waals surface area contributed by atoms with Gasteiger partial charge in [-0.3, -0.25) is 23.9 Å². The Kier molecular flexibility index (Phi) is 7.07. The van der Waals surface area contributed by atoms with Crippen LogP contribution in [0.4, 0.5) is 0 Å². The highest BCUT2D eigenvalue weighted by Crippen LogP contribution is 2.32. The van der Waals surface area contributed by atoms with E-state index in [1.54, 1.807) is 54.5 Å². The van der Waals surface area contributed by atoms with Crippen LogP contribution in [0.5, 0.6) is 5.75 Å². The average Bonchev–Trinajstić information content (AvgIpc) is 2.95. The summed E-state index contributed by atoms with van der Waals surface area (Å²) in [7, 11) is 1.57. The van der Waals surface area contributed by atoms with Crippen LogP contribution in [0.1, 0.15) is 48.0 Å². The van der Waals surface area contributed by atoms with Gasteiger partial charge in [-0.05, 0) is 74.7 Å². The van der Waals surface area contributed by atoms with Gasteiger partial charge in [-0.2, -0.15) is 0 Å². The molecule has 0 radical (unpaired) electrons. The minimum Gasteiger partial charge on any atom is -0.497 e. The van der Waals surface area contributed by atoms with Crippen molar-refractivity contribution >= 4 is 22.7 Å². The number of primary amides is 1. The quantitative estimate of drug-likeness (QED) is 0.510. The molecule has 38 heavy (non-hydrogen) atoms. The van der Waals surface area contributed by atoms with Crippen molar-refractivity contribution in [2.24, 2.45) is 5.73 Å². The molecule has 2 saturated heterocycles. The molecule has 0 saturated carbocycles. The summed E-state index contributed by atoms with van der Waals surface area (Å²) in [5.74, 6) is 0.166. The van der Waals surface area contributed by atoms with Crippen LogP contribution in [0.25, 0.3) is 10.9 Å². The fourth-order valence-electron chi connectivity index (χ4n) is 5.75. The zero-order valence-corrected chi connectivity index (χ0v) is 21.6. The number of fused-ring (bicyclic) bond motifs is 1. The van der Waals surface area contributed by atoms with Gasteiger partial charge in [0.15, 0.2) is 0 Å². The van der Waals surface area contributed by atoms with E-state index < -0.39 is 16.8 Å². The molecule has 3 aromatic rings. The van der Waals surface area contributed by atoms with Crippen LogP contribution in [0.15, 0.2) is 52.1 Å². The molecule has 200 valence electrons. The summed E-state index contributed by atoms with van der Waals surface area (Å²) < 4.78 is 6.30. The number of carbonyl (C=O) groups excluding carboxylic acids is 2. The summed E-state index contributed by atoms with van der Waals surface area (Å²) in [6.45, 7) is 2.64. The van der Waals surface area contributed by atoms with Crippen LogP contribution in [0.3, 0.4) is 0 Å². The highest BCUT2D eigenvalue weighted by molar-refractivity contribution is 5.98. The molecule has 0 bridgehead atoms. The maximum Gasteiger partial charge on any atom is 0.329 e. The van der Waals surface area contributed by atoms with E-state index in [-0.39, 0.29) is 18.4 Å². The maximum atomic E-state index is 13.3. The summed E-state index contributed by atoms with van der Waals surface area (Å²) in [6.07, 6.45) is 4.25. The van der Waals surface area contributed by atoms with E-state index >= 15 is 0 Å². The molecule has 3 heterocycles. The molecule has 2 fully saturated rings. The molecule has 2 aliphatic heterocycles. The molecule has 5 rings (SSSR count). The van der Waals surface area contributed by atoms with Gasteiger partial charge in [0.2, 0.25) is 5.91 Å². The number of methoxy groups -OCH3 is 1. The Bertz CT molecular complexity index is 1460. The Hall–Kier alpha value is -3.92. The lowest BCUT2D eigenvalue weighted by atomic mass is 9.83. The van der Waals surface area contributed by atoms with E-state index in [0.717, 1.165) is 42.5 Å². The van der Waals surface area contributed by atoms with Gasteiger partial charge in [-0.1, -0.05) is 18.6 Å². The number of amides is 2. The minimum absolute atomic E-state index is 0.112. The summed E-state index contributed by atoms with van der Waals surface area (Å²) in [4.78, 5) is 58.4. The lowest BCUT2D eigenvalue weighted by molar-refractivity contribution is -0.134. The highest BCUT2D eigenvalue weighted by atomic mass is 16.5. The van der Waals surface area contributed by atoms with Crippen LogP contribution in [-0.4, -0.2) is 70.0 Å². The Morgan fingerprint density at radius 1 is 0.974 bits per heavy atom. The number of piperidine rings is 2. The number of nitrogens with zero attached hydrogens (tertiary/aromatic N) is 3. The number of aromatic amines is 1. The Morgan fingerprint density at radius 2 is 1.66 bits per heavy atom. The van der Waals surface area contributed by atoms with Crippen LogP contribution >= 0.6 is 0 Å². The molecule has 2 aliphatic rings. The molecule has 2 aromatic carbocycles. The first-order valence-corrected chi connectivity index (χ1v) is 13.1. The fraction of sp³-hybridized carbons (Fsp3) is 0.429. The van der Waals surface area contributed by atoms with Crippen LogP contribution in [0.2, 0.25) is 0 Å². The molecular weight excluding hydrogens is 486 g/mol. The van der Waals surface area contributed by atoms with Gasteiger partial charge in [-0.25, -0.2) is 4.79 Å². The third-order valence-corrected chi connectivity index (χ3v) is 8.03. The molecule has 0 spiro atoms. The number of benzene rings is 2. The smallest absolute Gasteiger partial charge is 0.329 e. The zero-order valence-electron chi connectivity index (χ0n) is 21.6. The van der Waals surface area contributed by atoms with Gasteiger partial charge in [0, 0.05) is 18.7 Å². The van der Waals surface area contributed by atoms with Crippen molar-refractivity contribution in [3.05, 3.63) is 74.4 Å². The molecule has 10 heteroatoms. The second kappa shape index (κ2) is 10.4. The topological polar surface area (TPSA) is 131 Å². The largest absolute Gasteiger partial charge is 0.497 e. The molecule has 0 unspecified atom stereocenters. The average molecular weight is 520 g/mol. The van der Waals surface area contributed by atoms with Gasteiger partial charge in [-0.15, -0.1) is 0 Å². The number of ether oxygens (including phenoxy) is 1. The standard InChI is InChI=1S/C28H33N5O5/c1-38-21-8-5-19(6-9-21)18-33-25(35)22-10-7-20(17-23(22)30-27(33)37)24(34)31-15-11-28(12-16-31,26(29)36)32-13-3-2-4-14-32/h5-10,17H,2-4,11-16,18H2,1H3,(H2,29,36)(H,30,37).